The van der Waals surface area contributed by atoms with Crippen LogP contribution in [-0.2, 0) is 28.9 Å². The van der Waals surface area contributed by atoms with Crippen molar-refractivity contribution in [3.63, 3.8) is 0 Å². The normalized spacial score (nSPS) is 19.2. The molecule has 2 heterocycles. The van der Waals surface area contributed by atoms with Gasteiger partial charge in [-0.15, -0.1) is 11.3 Å². The standard InChI is InChI=1S/C25H32FN3O3S/c1-3-32-25(31)23-20-8-7-17(2)13-21(20)33-24(23)27-22(30)16-29-11-9-28(10-12-29)15-18-5-4-6-19(26)14-18/h4-6,14,17H,3,7-13,15-16H2,1-2H3,(H,27,30). The average molecular weight is 474 g/mol. The fourth-order valence-electron chi connectivity index (χ4n) is 4.63. The van der Waals surface area contributed by atoms with Crippen LogP contribution in [0.3, 0.4) is 0 Å². The van der Waals surface area contributed by atoms with E-state index in [1.807, 2.05) is 6.07 Å². The lowest BCUT2D eigenvalue weighted by atomic mass is 9.88. The molecule has 6 nitrogen and oxygen atoms in total. The van der Waals surface area contributed by atoms with Crippen molar-refractivity contribution in [2.24, 2.45) is 5.92 Å². The number of esters is 1. The summed E-state index contributed by atoms with van der Waals surface area (Å²) in [6.07, 6.45) is 2.84. The van der Waals surface area contributed by atoms with Crippen molar-refractivity contribution in [3.8, 4) is 0 Å². The lowest BCUT2D eigenvalue weighted by Crippen LogP contribution is -2.48. The lowest BCUT2D eigenvalue weighted by Gasteiger charge is -2.34. The van der Waals surface area contributed by atoms with E-state index < -0.39 is 0 Å². The van der Waals surface area contributed by atoms with Gasteiger partial charge in [0, 0.05) is 37.6 Å². The highest BCUT2D eigenvalue weighted by atomic mass is 32.1. The fourth-order valence-corrected chi connectivity index (χ4v) is 6.04. The Bertz CT molecular complexity index is 1000. The molecule has 178 valence electrons. The molecule has 1 aromatic heterocycles. The summed E-state index contributed by atoms with van der Waals surface area (Å²) in [5, 5.41) is 3.64. The van der Waals surface area contributed by atoms with Crippen molar-refractivity contribution in [1.82, 2.24) is 9.80 Å². The first kappa shape index (κ1) is 23.9. The number of hydrogen-bond donors (Lipinski definition) is 1. The van der Waals surface area contributed by atoms with Gasteiger partial charge in [0.25, 0.3) is 0 Å². The molecule has 1 N–H and O–H groups in total. The molecule has 0 spiro atoms. The van der Waals surface area contributed by atoms with Gasteiger partial charge < -0.3 is 10.1 Å². The molecule has 0 bridgehead atoms. The first-order valence-electron chi connectivity index (χ1n) is 11.7. The molecule has 1 atom stereocenters. The first-order valence-corrected chi connectivity index (χ1v) is 12.5. The SMILES string of the molecule is CCOC(=O)c1c(NC(=O)CN2CCN(Cc3cccc(F)c3)CC2)sc2c1CCC(C)C2. The summed E-state index contributed by atoms with van der Waals surface area (Å²) in [6, 6.07) is 6.70. The van der Waals surface area contributed by atoms with Gasteiger partial charge in [-0.1, -0.05) is 19.1 Å². The van der Waals surface area contributed by atoms with E-state index >= 15 is 0 Å². The summed E-state index contributed by atoms with van der Waals surface area (Å²) in [7, 11) is 0. The highest BCUT2D eigenvalue weighted by molar-refractivity contribution is 7.17. The molecular formula is C25H32FN3O3S. The third-order valence-electron chi connectivity index (χ3n) is 6.37. The van der Waals surface area contributed by atoms with E-state index in [9.17, 15) is 14.0 Å². The number of rotatable bonds is 7. The number of amides is 1. The van der Waals surface area contributed by atoms with Gasteiger partial charge in [0.05, 0.1) is 18.7 Å². The molecule has 8 heteroatoms. The monoisotopic (exact) mass is 473 g/mol. The van der Waals surface area contributed by atoms with Crippen molar-refractivity contribution in [1.29, 1.82) is 0 Å². The molecule has 1 fully saturated rings. The number of nitrogens with zero attached hydrogens (tertiary/aromatic N) is 2. The fraction of sp³-hybridized carbons (Fsp3) is 0.520. The van der Waals surface area contributed by atoms with E-state index in [-0.39, 0.29) is 24.2 Å². The van der Waals surface area contributed by atoms with Crippen LogP contribution in [0.5, 0.6) is 0 Å². The van der Waals surface area contributed by atoms with Gasteiger partial charge >= 0.3 is 5.97 Å². The number of piperazine rings is 1. The summed E-state index contributed by atoms with van der Waals surface area (Å²) in [6.45, 7) is 8.51. The Labute approximate surface area is 198 Å². The molecule has 4 rings (SSSR count). The average Bonchev–Trinajstić information content (AvgIpc) is 3.12. The predicted octanol–water partition coefficient (Wildman–Crippen LogP) is 3.95. The molecule has 1 unspecified atom stereocenters. The molecule has 1 aliphatic carbocycles. The molecular weight excluding hydrogens is 441 g/mol. The minimum absolute atomic E-state index is 0.106. The molecule has 0 saturated carbocycles. The van der Waals surface area contributed by atoms with Crippen LogP contribution in [0, 0.1) is 11.7 Å². The summed E-state index contributed by atoms with van der Waals surface area (Å²) >= 11 is 1.52. The van der Waals surface area contributed by atoms with Crippen molar-refractivity contribution in [2.75, 3.05) is 44.6 Å². The van der Waals surface area contributed by atoms with Crippen LogP contribution in [0.15, 0.2) is 24.3 Å². The number of thiophene rings is 1. The van der Waals surface area contributed by atoms with Gasteiger partial charge in [0.1, 0.15) is 10.8 Å². The Morgan fingerprint density at radius 2 is 1.97 bits per heavy atom. The van der Waals surface area contributed by atoms with Gasteiger partial charge in [-0.05, 0) is 55.4 Å². The summed E-state index contributed by atoms with van der Waals surface area (Å²) in [4.78, 5) is 31.1. The number of hydrogen-bond acceptors (Lipinski definition) is 6. The zero-order chi connectivity index (χ0) is 23.4. The van der Waals surface area contributed by atoms with E-state index in [1.54, 1.807) is 19.1 Å². The molecule has 1 aromatic carbocycles. The maximum atomic E-state index is 13.4. The predicted molar refractivity (Wildman–Crippen MR) is 128 cm³/mol. The lowest BCUT2D eigenvalue weighted by molar-refractivity contribution is -0.117. The summed E-state index contributed by atoms with van der Waals surface area (Å²) < 4.78 is 18.7. The van der Waals surface area contributed by atoms with Gasteiger partial charge in [-0.2, -0.15) is 0 Å². The molecule has 1 aliphatic heterocycles. The zero-order valence-electron chi connectivity index (χ0n) is 19.4. The Hall–Kier alpha value is -2.29. The smallest absolute Gasteiger partial charge is 0.341 e. The number of carbonyl (C=O) groups is 2. The number of nitrogens with one attached hydrogen (secondary N) is 1. The van der Waals surface area contributed by atoms with Gasteiger partial charge in [0.15, 0.2) is 0 Å². The van der Waals surface area contributed by atoms with Crippen LogP contribution in [0.25, 0.3) is 0 Å². The first-order chi connectivity index (χ1) is 15.9. The number of ether oxygens (including phenoxy) is 1. The number of halogens is 1. The highest BCUT2D eigenvalue weighted by Gasteiger charge is 2.29. The van der Waals surface area contributed by atoms with E-state index in [2.05, 4.69) is 22.0 Å². The second kappa shape index (κ2) is 10.8. The number of fused-ring (bicyclic) bond motifs is 1. The number of carbonyl (C=O) groups excluding carboxylic acids is 2. The number of anilines is 1. The molecule has 33 heavy (non-hydrogen) atoms. The van der Waals surface area contributed by atoms with E-state index in [4.69, 9.17) is 4.74 Å². The van der Waals surface area contributed by atoms with Crippen molar-refractivity contribution >= 4 is 28.2 Å². The molecule has 1 amide bonds. The quantitative estimate of drug-likeness (QED) is 0.617. The van der Waals surface area contributed by atoms with Gasteiger partial charge in [-0.25, -0.2) is 9.18 Å². The molecule has 2 aliphatic rings. The Morgan fingerprint density at radius 1 is 1.21 bits per heavy atom. The van der Waals surface area contributed by atoms with Crippen molar-refractivity contribution in [3.05, 3.63) is 51.7 Å². The molecule has 1 saturated heterocycles. The molecule has 2 aromatic rings. The maximum Gasteiger partial charge on any atom is 0.341 e. The van der Waals surface area contributed by atoms with E-state index in [0.29, 0.717) is 29.6 Å². The second-order valence-electron chi connectivity index (χ2n) is 9.01. The third-order valence-corrected chi connectivity index (χ3v) is 7.54. The van der Waals surface area contributed by atoms with Crippen LogP contribution < -0.4 is 5.32 Å². The zero-order valence-corrected chi connectivity index (χ0v) is 20.2. The highest BCUT2D eigenvalue weighted by Crippen LogP contribution is 2.40. The summed E-state index contributed by atoms with van der Waals surface area (Å²) in [5.74, 6) is -0.0790. The van der Waals surface area contributed by atoms with Crippen LogP contribution in [0.1, 0.15) is 46.6 Å². The Morgan fingerprint density at radius 3 is 2.70 bits per heavy atom. The van der Waals surface area contributed by atoms with Crippen LogP contribution in [0.2, 0.25) is 0 Å². The van der Waals surface area contributed by atoms with E-state index in [0.717, 1.165) is 56.6 Å². The van der Waals surface area contributed by atoms with Gasteiger partial charge in [0.2, 0.25) is 5.91 Å². The topological polar surface area (TPSA) is 61.9 Å². The number of benzene rings is 1. The van der Waals surface area contributed by atoms with Crippen molar-refractivity contribution in [2.45, 2.75) is 39.7 Å². The summed E-state index contributed by atoms with van der Waals surface area (Å²) in [5.41, 5.74) is 2.57. The van der Waals surface area contributed by atoms with E-state index in [1.165, 1.54) is 22.3 Å². The second-order valence-corrected chi connectivity index (χ2v) is 10.1. The Balaban J connectivity index is 1.34. The minimum Gasteiger partial charge on any atom is -0.462 e. The minimum atomic E-state index is -0.342. The van der Waals surface area contributed by atoms with Crippen LogP contribution >= 0.6 is 11.3 Å². The van der Waals surface area contributed by atoms with Crippen LogP contribution in [-0.4, -0.2) is 61.0 Å². The largest absolute Gasteiger partial charge is 0.462 e. The maximum absolute atomic E-state index is 13.4. The third kappa shape index (κ3) is 5.99. The van der Waals surface area contributed by atoms with Gasteiger partial charge in [-0.3, -0.25) is 14.6 Å². The Kier molecular flexibility index (Phi) is 7.78. The molecule has 0 radical (unpaired) electrons. The van der Waals surface area contributed by atoms with Crippen molar-refractivity contribution < 1.29 is 18.7 Å². The van der Waals surface area contributed by atoms with Crippen LogP contribution in [0.4, 0.5) is 9.39 Å².